The Morgan fingerprint density at radius 3 is 2.72 bits per heavy atom. The average Bonchev–Trinajstić information content (AvgIpc) is 3.04. The number of nitrogens with zero attached hydrogens (tertiary/aromatic N) is 2. The highest BCUT2D eigenvalue weighted by molar-refractivity contribution is 6.30. The van der Waals surface area contributed by atoms with Gasteiger partial charge in [-0.25, -0.2) is 9.97 Å². The van der Waals surface area contributed by atoms with Crippen molar-refractivity contribution in [3.8, 4) is 11.3 Å². The maximum atomic E-state index is 6.16. The van der Waals surface area contributed by atoms with Crippen LogP contribution < -0.4 is 5.32 Å². The van der Waals surface area contributed by atoms with Gasteiger partial charge in [-0.15, -0.1) is 0 Å². The Morgan fingerprint density at radius 1 is 0.960 bits per heavy atom. The molecule has 0 aliphatic heterocycles. The van der Waals surface area contributed by atoms with E-state index >= 15 is 0 Å². The molecule has 4 nitrogen and oxygen atoms in total. The van der Waals surface area contributed by atoms with Crippen molar-refractivity contribution in [2.24, 2.45) is 0 Å². The molecule has 2 heterocycles. The Bertz CT molecular complexity index is 1070. The second-order valence-electron chi connectivity index (χ2n) is 6.05. The topological polar surface area (TPSA) is 53.6 Å². The van der Waals surface area contributed by atoms with Crippen LogP contribution in [0.25, 0.3) is 22.2 Å². The summed E-state index contributed by atoms with van der Waals surface area (Å²) in [5.74, 6) is 1.47. The largest absolute Gasteiger partial charge is 0.361 e. The summed E-state index contributed by atoms with van der Waals surface area (Å²) in [5.41, 5.74) is 5.06. The zero-order chi connectivity index (χ0) is 17.4. The molecule has 0 unspecified atom stereocenters. The first kappa shape index (κ1) is 15.7. The Hall–Kier alpha value is -2.85. The van der Waals surface area contributed by atoms with Crippen LogP contribution in [0, 0.1) is 13.8 Å². The van der Waals surface area contributed by atoms with Crippen molar-refractivity contribution < 1.29 is 0 Å². The van der Waals surface area contributed by atoms with Crippen LogP contribution in [-0.4, -0.2) is 15.0 Å². The standard InChI is InChI=1S/C20H17ClN4/c1-12-3-5-15(21)9-17(12)19-11-20(24-13(2)23-19)25-16-6-4-14-7-8-22-18(14)10-16/h3-11,22H,1-2H3,(H,23,24,25). The molecule has 0 atom stereocenters. The Kier molecular flexibility index (Phi) is 3.90. The van der Waals surface area contributed by atoms with Gasteiger partial charge in [0.15, 0.2) is 0 Å². The average molecular weight is 349 g/mol. The third-order valence-electron chi connectivity index (χ3n) is 4.14. The maximum absolute atomic E-state index is 6.16. The van der Waals surface area contributed by atoms with E-state index in [4.69, 9.17) is 11.6 Å². The van der Waals surface area contributed by atoms with Gasteiger partial charge in [0.05, 0.1) is 5.69 Å². The zero-order valence-electron chi connectivity index (χ0n) is 14.0. The number of H-pyrrole nitrogens is 1. The van der Waals surface area contributed by atoms with Gasteiger partial charge in [-0.1, -0.05) is 23.7 Å². The maximum Gasteiger partial charge on any atom is 0.134 e. The predicted molar refractivity (Wildman–Crippen MR) is 104 cm³/mol. The third kappa shape index (κ3) is 3.21. The number of rotatable bonds is 3. The minimum Gasteiger partial charge on any atom is -0.361 e. The molecule has 2 N–H and O–H groups in total. The third-order valence-corrected chi connectivity index (χ3v) is 4.38. The van der Waals surface area contributed by atoms with E-state index in [9.17, 15) is 0 Å². The fraction of sp³-hybridized carbons (Fsp3) is 0.100. The van der Waals surface area contributed by atoms with E-state index in [1.807, 2.05) is 49.5 Å². The molecule has 0 amide bonds. The molecule has 4 rings (SSSR count). The number of halogens is 1. The number of hydrogen-bond acceptors (Lipinski definition) is 3. The molecular formula is C20H17ClN4. The van der Waals surface area contributed by atoms with E-state index in [0.29, 0.717) is 10.8 Å². The van der Waals surface area contributed by atoms with Crippen LogP contribution in [0.3, 0.4) is 0 Å². The molecule has 2 aromatic carbocycles. The number of hydrogen-bond donors (Lipinski definition) is 2. The molecule has 0 saturated heterocycles. The molecule has 0 spiro atoms. The van der Waals surface area contributed by atoms with Gasteiger partial charge >= 0.3 is 0 Å². The van der Waals surface area contributed by atoms with Crippen molar-refractivity contribution in [1.82, 2.24) is 15.0 Å². The summed E-state index contributed by atoms with van der Waals surface area (Å²) in [6.45, 7) is 3.94. The Balaban J connectivity index is 1.73. The number of anilines is 2. The summed E-state index contributed by atoms with van der Waals surface area (Å²) in [6.07, 6.45) is 1.93. The fourth-order valence-electron chi connectivity index (χ4n) is 2.91. The molecule has 0 bridgehead atoms. The van der Waals surface area contributed by atoms with Crippen molar-refractivity contribution in [2.45, 2.75) is 13.8 Å². The first-order valence-corrected chi connectivity index (χ1v) is 8.43. The van der Waals surface area contributed by atoms with Crippen LogP contribution in [-0.2, 0) is 0 Å². The normalized spacial score (nSPS) is 11.0. The van der Waals surface area contributed by atoms with Gasteiger partial charge in [0, 0.05) is 34.1 Å². The minimum atomic E-state index is 0.698. The summed E-state index contributed by atoms with van der Waals surface area (Å²) in [4.78, 5) is 12.3. The number of aromatic nitrogens is 3. The quantitative estimate of drug-likeness (QED) is 0.503. The lowest BCUT2D eigenvalue weighted by atomic mass is 10.1. The molecular weight excluding hydrogens is 332 g/mol. The number of benzene rings is 2. The lowest BCUT2D eigenvalue weighted by molar-refractivity contribution is 1.06. The molecule has 0 fully saturated rings. The van der Waals surface area contributed by atoms with E-state index in [0.717, 1.165) is 33.8 Å². The van der Waals surface area contributed by atoms with Gasteiger partial charge < -0.3 is 10.3 Å². The van der Waals surface area contributed by atoms with Crippen LogP contribution in [0.1, 0.15) is 11.4 Å². The second kappa shape index (κ2) is 6.22. The molecule has 0 saturated carbocycles. The van der Waals surface area contributed by atoms with Gasteiger partial charge in [-0.2, -0.15) is 0 Å². The van der Waals surface area contributed by atoms with Gasteiger partial charge in [0.25, 0.3) is 0 Å². The molecule has 25 heavy (non-hydrogen) atoms. The van der Waals surface area contributed by atoms with E-state index in [-0.39, 0.29) is 0 Å². The number of nitrogens with one attached hydrogen (secondary N) is 2. The van der Waals surface area contributed by atoms with Crippen LogP contribution in [0.4, 0.5) is 11.5 Å². The van der Waals surface area contributed by atoms with Crippen LogP contribution in [0.15, 0.2) is 54.7 Å². The number of aromatic amines is 1. The van der Waals surface area contributed by atoms with E-state index in [2.05, 4.69) is 39.3 Å². The van der Waals surface area contributed by atoms with Crippen molar-refractivity contribution in [2.75, 3.05) is 5.32 Å². The predicted octanol–water partition coefficient (Wildman–Crippen LogP) is 5.64. The zero-order valence-corrected chi connectivity index (χ0v) is 14.7. The molecule has 5 heteroatoms. The van der Waals surface area contributed by atoms with Crippen molar-refractivity contribution in [3.05, 3.63) is 71.1 Å². The summed E-state index contributed by atoms with van der Waals surface area (Å²) >= 11 is 6.16. The van der Waals surface area contributed by atoms with Crippen molar-refractivity contribution in [1.29, 1.82) is 0 Å². The van der Waals surface area contributed by atoms with Crippen molar-refractivity contribution in [3.63, 3.8) is 0 Å². The van der Waals surface area contributed by atoms with Gasteiger partial charge in [0.2, 0.25) is 0 Å². The highest BCUT2D eigenvalue weighted by Crippen LogP contribution is 2.28. The van der Waals surface area contributed by atoms with Crippen LogP contribution in [0.5, 0.6) is 0 Å². The number of fused-ring (bicyclic) bond motifs is 1. The Morgan fingerprint density at radius 2 is 1.84 bits per heavy atom. The Labute approximate surface area is 150 Å². The SMILES string of the molecule is Cc1nc(Nc2ccc3cc[nH]c3c2)cc(-c2cc(Cl)ccc2C)n1. The van der Waals surface area contributed by atoms with Gasteiger partial charge in [-0.05, 0) is 55.1 Å². The van der Waals surface area contributed by atoms with E-state index in [1.54, 1.807) is 0 Å². The molecule has 4 aromatic rings. The smallest absolute Gasteiger partial charge is 0.134 e. The summed E-state index contributed by atoms with van der Waals surface area (Å²) < 4.78 is 0. The summed E-state index contributed by atoms with van der Waals surface area (Å²) in [7, 11) is 0. The monoisotopic (exact) mass is 348 g/mol. The molecule has 0 aliphatic rings. The molecule has 124 valence electrons. The fourth-order valence-corrected chi connectivity index (χ4v) is 3.09. The molecule has 0 aliphatic carbocycles. The van der Waals surface area contributed by atoms with Crippen LogP contribution >= 0.6 is 11.6 Å². The van der Waals surface area contributed by atoms with Crippen LogP contribution in [0.2, 0.25) is 5.02 Å². The lowest BCUT2D eigenvalue weighted by Crippen LogP contribution is -1.99. The summed E-state index contributed by atoms with van der Waals surface area (Å²) in [5, 5.41) is 5.24. The highest BCUT2D eigenvalue weighted by Gasteiger charge is 2.09. The summed E-state index contributed by atoms with van der Waals surface area (Å²) in [6, 6.07) is 16.0. The van der Waals surface area contributed by atoms with Gasteiger partial charge in [0.1, 0.15) is 11.6 Å². The second-order valence-corrected chi connectivity index (χ2v) is 6.49. The molecule has 0 radical (unpaired) electrons. The lowest BCUT2D eigenvalue weighted by Gasteiger charge is -2.11. The van der Waals surface area contributed by atoms with E-state index < -0.39 is 0 Å². The van der Waals surface area contributed by atoms with E-state index in [1.165, 1.54) is 5.39 Å². The minimum absolute atomic E-state index is 0.698. The van der Waals surface area contributed by atoms with Gasteiger partial charge in [-0.3, -0.25) is 0 Å². The van der Waals surface area contributed by atoms with Crippen molar-refractivity contribution >= 4 is 34.0 Å². The first-order chi connectivity index (χ1) is 12.1. The first-order valence-electron chi connectivity index (χ1n) is 8.05. The number of aryl methyl sites for hydroxylation is 2. The molecule has 2 aromatic heterocycles. The highest BCUT2D eigenvalue weighted by atomic mass is 35.5.